The van der Waals surface area contributed by atoms with Crippen LogP contribution in [0.3, 0.4) is 0 Å². The van der Waals surface area contributed by atoms with Gasteiger partial charge in [0, 0.05) is 6.54 Å². The van der Waals surface area contributed by atoms with Gasteiger partial charge in [0.2, 0.25) is 0 Å². The van der Waals surface area contributed by atoms with Gasteiger partial charge < -0.3 is 15.1 Å². The number of para-hydroxylation sites is 1. The van der Waals surface area contributed by atoms with Crippen molar-refractivity contribution >= 4 is 17.1 Å². The van der Waals surface area contributed by atoms with Crippen molar-refractivity contribution in [2.75, 3.05) is 26.4 Å². The standard InChI is InChI=1S/C11H15N3O/c1-14(2)7-6-8-4-3-5-9-10(8)13-11(12)15-9/h3-5H,6-7H2,1-2H3,(H2,12,13). The molecular weight excluding hydrogens is 190 g/mol. The summed E-state index contributed by atoms with van der Waals surface area (Å²) in [6, 6.07) is 6.16. The molecule has 0 aliphatic rings. The van der Waals surface area contributed by atoms with Gasteiger partial charge in [-0.05, 0) is 32.1 Å². The monoisotopic (exact) mass is 205 g/mol. The molecular formula is C11H15N3O. The Morgan fingerprint density at radius 2 is 2.20 bits per heavy atom. The Kier molecular flexibility index (Phi) is 2.60. The van der Waals surface area contributed by atoms with E-state index in [1.807, 2.05) is 12.1 Å². The average Bonchev–Trinajstić information content (AvgIpc) is 2.55. The van der Waals surface area contributed by atoms with E-state index in [2.05, 4.69) is 30.0 Å². The highest BCUT2D eigenvalue weighted by molar-refractivity contribution is 5.77. The lowest BCUT2D eigenvalue weighted by Gasteiger charge is -2.08. The van der Waals surface area contributed by atoms with Gasteiger partial charge in [-0.2, -0.15) is 4.98 Å². The van der Waals surface area contributed by atoms with Gasteiger partial charge in [0.25, 0.3) is 6.01 Å². The lowest BCUT2D eigenvalue weighted by Crippen LogP contribution is -2.15. The molecule has 2 rings (SSSR count). The second-order valence-electron chi connectivity index (χ2n) is 3.87. The minimum Gasteiger partial charge on any atom is -0.424 e. The van der Waals surface area contributed by atoms with Gasteiger partial charge in [0.15, 0.2) is 5.58 Å². The third-order valence-corrected chi connectivity index (χ3v) is 2.35. The smallest absolute Gasteiger partial charge is 0.292 e. The summed E-state index contributed by atoms with van der Waals surface area (Å²) in [4.78, 5) is 6.32. The van der Waals surface area contributed by atoms with Gasteiger partial charge in [0.1, 0.15) is 5.52 Å². The molecule has 0 amide bonds. The Morgan fingerprint density at radius 1 is 1.40 bits per heavy atom. The van der Waals surface area contributed by atoms with Gasteiger partial charge in [-0.15, -0.1) is 0 Å². The molecule has 0 saturated carbocycles. The van der Waals surface area contributed by atoms with E-state index in [9.17, 15) is 0 Å². The zero-order valence-electron chi connectivity index (χ0n) is 9.03. The number of aromatic nitrogens is 1. The molecule has 0 aliphatic carbocycles. The summed E-state index contributed by atoms with van der Waals surface area (Å²) < 4.78 is 5.27. The van der Waals surface area contributed by atoms with Gasteiger partial charge in [-0.1, -0.05) is 12.1 Å². The van der Waals surface area contributed by atoms with Crippen molar-refractivity contribution in [1.29, 1.82) is 0 Å². The molecule has 0 unspecified atom stereocenters. The van der Waals surface area contributed by atoms with Crippen molar-refractivity contribution in [1.82, 2.24) is 9.88 Å². The van der Waals surface area contributed by atoms with Crippen LogP contribution in [0.1, 0.15) is 5.56 Å². The van der Waals surface area contributed by atoms with Crippen LogP contribution >= 0.6 is 0 Å². The van der Waals surface area contributed by atoms with Gasteiger partial charge >= 0.3 is 0 Å². The van der Waals surface area contributed by atoms with Crippen molar-refractivity contribution in [3.63, 3.8) is 0 Å². The zero-order valence-corrected chi connectivity index (χ0v) is 9.03. The highest BCUT2D eigenvalue weighted by Gasteiger charge is 2.07. The minimum atomic E-state index is 0.238. The average molecular weight is 205 g/mol. The van der Waals surface area contributed by atoms with Crippen molar-refractivity contribution in [3.05, 3.63) is 23.8 Å². The number of fused-ring (bicyclic) bond motifs is 1. The Morgan fingerprint density at radius 3 is 2.93 bits per heavy atom. The molecule has 0 saturated heterocycles. The first-order chi connectivity index (χ1) is 7.16. The first kappa shape index (κ1) is 9.98. The van der Waals surface area contributed by atoms with Crippen molar-refractivity contribution < 1.29 is 4.42 Å². The fourth-order valence-electron chi connectivity index (χ4n) is 1.57. The lowest BCUT2D eigenvalue weighted by atomic mass is 10.1. The van der Waals surface area contributed by atoms with Crippen LogP contribution in [0.2, 0.25) is 0 Å². The summed E-state index contributed by atoms with van der Waals surface area (Å²) in [5.74, 6) is 0. The quantitative estimate of drug-likeness (QED) is 0.825. The number of anilines is 1. The number of benzene rings is 1. The van der Waals surface area contributed by atoms with E-state index in [0.717, 1.165) is 24.1 Å². The molecule has 1 heterocycles. The van der Waals surface area contributed by atoms with Crippen LogP contribution in [0.25, 0.3) is 11.1 Å². The molecule has 80 valence electrons. The normalized spacial score (nSPS) is 11.4. The summed E-state index contributed by atoms with van der Waals surface area (Å²) in [6.07, 6.45) is 0.955. The number of likely N-dealkylation sites (N-methyl/N-ethyl adjacent to an activating group) is 1. The Labute approximate surface area is 88.7 Å². The van der Waals surface area contributed by atoms with Crippen molar-refractivity contribution in [2.45, 2.75) is 6.42 Å². The van der Waals surface area contributed by atoms with E-state index >= 15 is 0 Å². The SMILES string of the molecule is CN(C)CCc1cccc2oc(N)nc12. The largest absolute Gasteiger partial charge is 0.424 e. The fraction of sp³-hybridized carbons (Fsp3) is 0.364. The molecule has 2 N–H and O–H groups in total. The van der Waals surface area contributed by atoms with Crippen LogP contribution < -0.4 is 5.73 Å². The van der Waals surface area contributed by atoms with E-state index in [1.165, 1.54) is 5.56 Å². The molecule has 0 atom stereocenters. The number of nitrogens with two attached hydrogens (primary N) is 1. The molecule has 15 heavy (non-hydrogen) atoms. The molecule has 0 aliphatic heterocycles. The van der Waals surface area contributed by atoms with Crippen LogP contribution in [0.5, 0.6) is 0 Å². The number of oxazole rings is 1. The summed E-state index contributed by atoms with van der Waals surface area (Å²) in [6.45, 7) is 0.992. The minimum absolute atomic E-state index is 0.238. The number of nitrogen functional groups attached to an aromatic ring is 1. The molecule has 4 heteroatoms. The van der Waals surface area contributed by atoms with E-state index in [0.29, 0.717) is 0 Å². The predicted molar refractivity (Wildman–Crippen MR) is 60.7 cm³/mol. The van der Waals surface area contributed by atoms with Crippen LogP contribution in [-0.2, 0) is 6.42 Å². The van der Waals surface area contributed by atoms with E-state index in [-0.39, 0.29) is 6.01 Å². The van der Waals surface area contributed by atoms with Crippen LogP contribution in [0.15, 0.2) is 22.6 Å². The van der Waals surface area contributed by atoms with E-state index < -0.39 is 0 Å². The first-order valence-electron chi connectivity index (χ1n) is 4.95. The molecule has 4 nitrogen and oxygen atoms in total. The van der Waals surface area contributed by atoms with Crippen LogP contribution in [0.4, 0.5) is 6.01 Å². The highest BCUT2D eigenvalue weighted by Crippen LogP contribution is 2.20. The molecule has 0 spiro atoms. The van der Waals surface area contributed by atoms with Gasteiger partial charge in [-0.25, -0.2) is 0 Å². The van der Waals surface area contributed by atoms with E-state index in [1.54, 1.807) is 0 Å². The first-order valence-corrected chi connectivity index (χ1v) is 4.95. The predicted octanol–water partition coefficient (Wildman–Crippen LogP) is 1.51. The number of hydrogen-bond donors (Lipinski definition) is 1. The maximum Gasteiger partial charge on any atom is 0.292 e. The third-order valence-electron chi connectivity index (χ3n) is 2.35. The van der Waals surface area contributed by atoms with E-state index in [4.69, 9.17) is 10.2 Å². The van der Waals surface area contributed by atoms with Crippen molar-refractivity contribution in [2.24, 2.45) is 0 Å². The third kappa shape index (κ3) is 2.10. The maximum atomic E-state index is 5.53. The summed E-state index contributed by atoms with van der Waals surface area (Å²) >= 11 is 0. The second-order valence-corrected chi connectivity index (χ2v) is 3.87. The topological polar surface area (TPSA) is 55.3 Å². The van der Waals surface area contributed by atoms with Crippen LogP contribution in [-0.4, -0.2) is 30.5 Å². The highest BCUT2D eigenvalue weighted by atomic mass is 16.4. The summed E-state index contributed by atoms with van der Waals surface area (Å²) in [7, 11) is 4.11. The Bertz CT molecular complexity index is 462. The molecule has 1 aromatic carbocycles. The number of rotatable bonds is 3. The molecule has 0 fully saturated rings. The lowest BCUT2D eigenvalue weighted by molar-refractivity contribution is 0.414. The summed E-state index contributed by atoms with van der Waals surface area (Å²) in [5.41, 5.74) is 8.36. The molecule has 0 bridgehead atoms. The zero-order chi connectivity index (χ0) is 10.8. The van der Waals surface area contributed by atoms with Gasteiger partial charge in [0.05, 0.1) is 0 Å². The summed E-state index contributed by atoms with van der Waals surface area (Å²) in [5, 5.41) is 0. The Balaban J connectivity index is 2.33. The fourth-order valence-corrected chi connectivity index (χ4v) is 1.57. The number of hydrogen-bond acceptors (Lipinski definition) is 4. The second kappa shape index (κ2) is 3.90. The number of nitrogens with zero attached hydrogens (tertiary/aromatic N) is 2. The van der Waals surface area contributed by atoms with Crippen molar-refractivity contribution in [3.8, 4) is 0 Å². The van der Waals surface area contributed by atoms with Gasteiger partial charge in [-0.3, -0.25) is 0 Å². The molecule has 2 aromatic rings. The van der Waals surface area contributed by atoms with Crippen LogP contribution in [0, 0.1) is 0 Å². The Hall–Kier alpha value is -1.55. The molecule has 1 aromatic heterocycles. The molecule has 0 radical (unpaired) electrons. The maximum absolute atomic E-state index is 5.53.